The summed E-state index contributed by atoms with van der Waals surface area (Å²) in [7, 11) is 1.51. The number of benzene rings is 1. The molecule has 0 spiro atoms. The van der Waals surface area contributed by atoms with Crippen LogP contribution in [0.25, 0.3) is 10.2 Å². The van der Waals surface area contributed by atoms with Crippen molar-refractivity contribution in [3.63, 3.8) is 0 Å². The normalized spacial score (nSPS) is 11.9. The molecule has 1 unspecified atom stereocenters. The second-order valence-electron chi connectivity index (χ2n) is 7.28. The molecule has 3 aromatic rings. The van der Waals surface area contributed by atoms with Gasteiger partial charge in [0.15, 0.2) is 6.10 Å². The van der Waals surface area contributed by atoms with Gasteiger partial charge in [-0.15, -0.1) is 11.3 Å². The number of amides is 1. The van der Waals surface area contributed by atoms with Crippen LogP contribution in [0.2, 0.25) is 0 Å². The zero-order valence-electron chi connectivity index (χ0n) is 18.1. The monoisotopic (exact) mass is 443 g/mol. The molecule has 3 rings (SSSR count). The number of carbonyl (C=O) groups is 2. The minimum Gasteiger partial charge on any atom is -0.495 e. The van der Waals surface area contributed by atoms with Gasteiger partial charge in [0.05, 0.1) is 30.9 Å². The van der Waals surface area contributed by atoms with Crippen LogP contribution in [-0.2, 0) is 20.9 Å². The highest BCUT2D eigenvalue weighted by molar-refractivity contribution is 7.18. The average molecular weight is 444 g/mol. The zero-order chi connectivity index (χ0) is 22.7. The van der Waals surface area contributed by atoms with Crippen molar-refractivity contribution < 1.29 is 19.1 Å². The second kappa shape index (κ2) is 9.30. The van der Waals surface area contributed by atoms with Crippen LogP contribution in [0.15, 0.2) is 29.3 Å². The molecule has 0 saturated heterocycles. The van der Waals surface area contributed by atoms with E-state index in [4.69, 9.17) is 9.47 Å². The van der Waals surface area contributed by atoms with E-state index in [2.05, 4.69) is 10.3 Å². The van der Waals surface area contributed by atoms with Crippen LogP contribution in [0.3, 0.4) is 0 Å². The lowest BCUT2D eigenvalue weighted by atomic mass is 10.2. The molecule has 2 heterocycles. The molecule has 0 aliphatic heterocycles. The summed E-state index contributed by atoms with van der Waals surface area (Å²) in [4.78, 5) is 43.4. The molecule has 1 amide bonds. The van der Waals surface area contributed by atoms with Crippen molar-refractivity contribution in [1.29, 1.82) is 0 Å². The number of hydrogen-bond acceptors (Lipinski definition) is 7. The maximum Gasteiger partial charge on any atom is 0.308 e. The molecule has 1 aromatic carbocycles. The summed E-state index contributed by atoms with van der Waals surface area (Å²) >= 11 is 1.47. The summed E-state index contributed by atoms with van der Waals surface area (Å²) in [6.45, 7) is 7.34. The molecule has 8 nitrogen and oxygen atoms in total. The molecule has 0 aliphatic rings. The molecule has 1 atom stereocenters. The number of fused-ring (bicyclic) bond motifs is 1. The largest absolute Gasteiger partial charge is 0.495 e. The van der Waals surface area contributed by atoms with Gasteiger partial charge in [-0.2, -0.15) is 0 Å². The number of aromatic nitrogens is 2. The molecule has 0 aliphatic carbocycles. The van der Waals surface area contributed by atoms with Crippen LogP contribution in [0.1, 0.15) is 29.3 Å². The van der Waals surface area contributed by atoms with E-state index in [1.54, 1.807) is 12.1 Å². The third kappa shape index (κ3) is 4.93. The number of anilines is 1. The maximum absolute atomic E-state index is 12.7. The predicted octanol–water partition coefficient (Wildman–Crippen LogP) is 3.35. The van der Waals surface area contributed by atoms with E-state index in [0.717, 1.165) is 16.0 Å². The minimum absolute atomic E-state index is 0.0549. The van der Waals surface area contributed by atoms with E-state index in [9.17, 15) is 14.4 Å². The molecular weight excluding hydrogens is 418 g/mol. The minimum atomic E-state index is -1.00. The van der Waals surface area contributed by atoms with E-state index in [1.165, 1.54) is 36.3 Å². The van der Waals surface area contributed by atoms with Crippen molar-refractivity contribution in [2.75, 3.05) is 12.4 Å². The van der Waals surface area contributed by atoms with Gasteiger partial charge in [-0.1, -0.05) is 6.07 Å². The SMILES string of the molecule is COc1ccc(C)cc1NC(=O)C(C)OC(=O)CCn1cnc2sc(C)c(C)c2c1=O. The Hall–Kier alpha value is -3.20. The van der Waals surface area contributed by atoms with Crippen LogP contribution in [0.5, 0.6) is 5.75 Å². The summed E-state index contributed by atoms with van der Waals surface area (Å²) < 4.78 is 11.9. The van der Waals surface area contributed by atoms with Crippen molar-refractivity contribution >= 4 is 39.1 Å². The Morgan fingerprint density at radius 1 is 1.26 bits per heavy atom. The lowest BCUT2D eigenvalue weighted by Crippen LogP contribution is -2.31. The summed E-state index contributed by atoms with van der Waals surface area (Å²) in [6, 6.07) is 5.39. The first kappa shape index (κ1) is 22.5. The number of carbonyl (C=O) groups excluding carboxylic acids is 2. The van der Waals surface area contributed by atoms with Gasteiger partial charge < -0.3 is 14.8 Å². The van der Waals surface area contributed by atoms with E-state index < -0.39 is 18.0 Å². The highest BCUT2D eigenvalue weighted by Gasteiger charge is 2.20. The first-order valence-electron chi connectivity index (χ1n) is 9.81. The summed E-state index contributed by atoms with van der Waals surface area (Å²) in [5.74, 6) is -0.537. The van der Waals surface area contributed by atoms with Crippen LogP contribution < -0.4 is 15.6 Å². The molecule has 2 aromatic heterocycles. The van der Waals surface area contributed by atoms with Crippen LogP contribution in [0.4, 0.5) is 5.69 Å². The van der Waals surface area contributed by atoms with Crippen LogP contribution in [-0.4, -0.2) is 34.6 Å². The Morgan fingerprint density at radius 3 is 2.71 bits per heavy atom. The number of hydrogen-bond donors (Lipinski definition) is 1. The highest BCUT2D eigenvalue weighted by Crippen LogP contribution is 2.26. The zero-order valence-corrected chi connectivity index (χ0v) is 19.0. The van der Waals surface area contributed by atoms with Gasteiger partial charge in [0.2, 0.25) is 0 Å². The van der Waals surface area contributed by atoms with Gasteiger partial charge in [0.1, 0.15) is 10.6 Å². The van der Waals surface area contributed by atoms with Crippen molar-refractivity contribution in [1.82, 2.24) is 9.55 Å². The summed E-state index contributed by atoms with van der Waals surface area (Å²) in [6.07, 6.45) is 0.380. The first-order valence-corrected chi connectivity index (χ1v) is 10.6. The summed E-state index contributed by atoms with van der Waals surface area (Å²) in [5.41, 5.74) is 2.18. The van der Waals surface area contributed by atoms with Crippen molar-refractivity contribution in [2.45, 2.75) is 46.8 Å². The van der Waals surface area contributed by atoms with E-state index >= 15 is 0 Å². The Morgan fingerprint density at radius 2 is 2.00 bits per heavy atom. The van der Waals surface area contributed by atoms with Gasteiger partial charge in [-0.25, -0.2) is 4.98 Å². The predicted molar refractivity (Wildman–Crippen MR) is 120 cm³/mol. The topological polar surface area (TPSA) is 99.5 Å². The van der Waals surface area contributed by atoms with Crippen LogP contribution in [0, 0.1) is 20.8 Å². The van der Waals surface area contributed by atoms with Gasteiger partial charge in [-0.05, 0) is 51.0 Å². The third-order valence-corrected chi connectivity index (χ3v) is 6.12. The number of nitrogens with one attached hydrogen (secondary N) is 1. The number of esters is 1. The van der Waals surface area contributed by atoms with E-state index in [-0.39, 0.29) is 18.5 Å². The van der Waals surface area contributed by atoms with Gasteiger partial charge in [0, 0.05) is 11.4 Å². The summed E-state index contributed by atoms with van der Waals surface area (Å²) in [5, 5.41) is 3.30. The Bertz CT molecular complexity index is 1200. The smallest absolute Gasteiger partial charge is 0.308 e. The van der Waals surface area contributed by atoms with Crippen LogP contribution >= 0.6 is 11.3 Å². The molecule has 0 fully saturated rings. The molecule has 0 bridgehead atoms. The quantitative estimate of drug-likeness (QED) is 0.562. The number of aryl methyl sites for hydroxylation is 4. The Labute approximate surface area is 183 Å². The van der Waals surface area contributed by atoms with Crippen molar-refractivity contribution in [3.05, 3.63) is 50.9 Å². The third-order valence-electron chi connectivity index (χ3n) is 5.00. The van der Waals surface area contributed by atoms with Gasteiger partial charge in [-0.3, -0.25) is 19.0 Å². The molecule has 0 saturated carbocycles. The number of thiophene rings is 1. The molecule has 164 valence electrons. The molecule has 1 N–H and O–H groups in total. The number of rotatable bonds is 7. The lowest BCUT2D eigenvalue weighted by Gasteiger charge is -2.16. The molecule has 31 heavy (non-hydrogen) atoms. The van der Waals surface area contributed by atoms with E-state index in [1.807, 2.05) is 26.8 Å². The average Bonchev–Trinajstić information content (AvgIpc) is 3.02. The highest BCUT2D eigenvalue weighted by atomic mass is 32.1. The van der Waals surface area contributed by atoms with E-state index in [0.29, 0.717) is 21.7 Å². The number of ether oxygens (including phenoxy) is 2. The lowest BCUT2D eigenvalue weighted by molar-refractivity contribution is -0.153. The van der Waals surface area contributed by atoms with Gasteiger partial charge >= 0.3 is 5.97 Å². The van der Waals surface area contributed by atoms with Gasteiger partial charge in [0.25, 0.3) is 11.5 Å². The fraction of sp³-hybridized carbons (Fsp3) is 0.364. The fourth-order valence-corrected chi connectivity index (χ4v) is 4.09. The maximum atomic E-state index is 12.7. The first-order chi connectivity index (χ1) is 14.7. The molecular formula is C22H25N3O5S. The Balaban J connectivity index is 1.61. The standard InChI is InChI=1S/C22H25N3O5S/c1-12-6-7-17(29-5)16(10-12)24-20(27)14(3)30-18(26)8-9-25-11-23-21-19(22(25)28)13(2)15(4)31-21/h6-7,10-11,14H,8-9H2,1-5H3,(H,24,27). The number of nitrogens with zero attached hydrogens (tertiary/aromatic N) is 2. The van der Waals surface area contributed by atoms with Crippen molar-refractivity contribution in [3.8, 4) is 5.75 Å². The fourth-order valence-electron chi connectivity index (χ4n) is 3.10. The number of methoxy groups -OCH3 is 1. The van der Waals surface area contributed by atoms with Crippen molar-refractivity contribution in [2.24, 2.45) is 0 Å². The Kier molecular flexibility index (Phi) is 6.74. The molecule has 0 radical (unpaired) electrons. The molecule has 9 heteroatoms. The second-order valence-corrected chi connectivity index (χ2v) is 8.48.